The van der Waals surface area contributed by atoms with Crippen molar-refractivity contribution < 1.29 is 24.2 Å². The third-order valence-electron chi connectivity index (χ3n) is 9.42. The van der Waals surface area contributed by atoms with Gasteiger partial charge in [-0.05, 0) is 57.9 Å². The molecular weight excluding hydrogens is 588 g/mol. The van der Waals surface area contributed by atoms with Crippen molar-refractivity contribution in [2.24, 2.45) is 5.73 Å². The largest absolute Gasteiger partial charge is 0.480 e. The van der Waals surface area contributed by atoms with Crippen molar-refractivity contribution in [2.45, 2.75) is 231 Å². The fraction of sp³-hybridized carbons (Fsp3) is 0.925. The summed E-state index contributed by atoms with van der Waals surface area (Å²) in [5.41, 5.74) is 5.47. The van der Waals surface area contributed by atoms with Gasteiger partial charge >= 0.3 is 11.9 Å². The van der Waals surface area contributed by atoms with Gasteiger partial charge in [-0.3, -0.25) is 9.59 Å². The van der Waals surface area contributed by atoms with Crippen LogP contribution in [0.2, 0.25) is 0 Å². The van der Waals surface area contributed by atoms with E-state index in [0.717, 1.165) is 64.2 Å². The molecule has 0 aliphatic heterocycles. The van der Waals surface area contributed by atoms with Crippen LogP contribution in [-0.2, 0) is 19.1 Å². The predicted octanol–water partition coefficient (Wildman–Crippen LogP) is 10.9. The Bertz CT molecular complexity index is 717. The molecule has 0 fully saturated rings. The summed E-state index contributed by atoms with van der Waals surface area (Å²) in [4.78, 5) is 36.2. The summed E-state index contributed by atoms with van der Waals surface area (Å²) in [6.07, 6.45) is 35.7. The molecule has 0 saturated carbocycles. The first kappa shape index (κ1) is 45.4. The lowest BCUT2D eigenvalue weighted by molar-refractivity contribution is -0.150. The van der Waals surface area contributed by atoms with Crippen LogP contribution in [0.3, 0.4) is 0 Å². The lowest BCUT2D eigenvalue weighted by Crippen LogP contribution is -2.40. The maximum atomic E-state index is 12.7. The van der Waals surface area contributed by atoms with Crippen molar-refractivity contribution in [3.8, 4) is 0 Å². The monoisotopic (exact) mass is 667 g/mol. The van der Waals surface area contributed by atoms with Gasteiger partial charge in [0.25, 0.3) is 0 Å². The molecule has 0 aliphatic rings. The zero-order valence-corrected chi connectivity index (χ0v) is 31.1. The number of unbranched alkanes of at least 4 members (excludes halogenated alkanes) is 23. The molecule has 0 heterocycles. The van der Waals surface area contributed by atoms with Crippen LogP contribution in [0.5, 0.6) is 0 Å². The second-order valence-corrected chi connectivity index (χ2v) is 14.1. The Morgan fingerprint density at radius 1 is 0.532 bits per heavy atom. The van der Waals surface area contributed by atoms with E-state index in [1.807, 2.05) is 0 Å². The highest BCUT2D eigenvalue weighted by molar-refractivity contribution is 5.83. The molecule has 4 N–H and O–H groups in total. The first-order valence-electron chi connectivity index (χ1n) is 20.4. The molecule has 1 amide bonds. The Morgan fingerprint density at radius 2 is 0.915 bits per heavy atom. The molecule has 0 saturated heterocycles. The van der Waals surface area contributed by atoms with Gasteiger partial charge in [0, 0.05) is 12.8 Å². The van der Waals surface area contributed by atoms with Crippen LogP contribution in [0.15, 0.2) is 0 Å². The second-order valence-electron chi connectivity index (χ2n) is 14.1. The van der Waals surface area contributed by atoms with E-state index in [9.17, 15) is 19.5 Å². The molecule has 2 unspecified atom stereocenters. The molecule has 0 aromatic heterocycles. The number of aliphatic carboxylic acids is 1. The van der Waals surface area contributed by atoms with E-state index >= 15 is 0 Å². The van der Waals surface area contributed by atoms with E-state index in [2.05, 4.69) is 19.2 Å². The number of carbonyl (C=O) groups excluding carboxylic acids is 2. The SMILES string of the molecule is CCCCCCCCCCCCCCC(=O)OC(CCCCCCCCCCC)CCCCCCCC(=O)NC(CCCN)C(=O)O. The van der Waals surface area contributed by atoms with E-state index in [4.69, 9.17) is 10.5 Å². The molecule has 2 atom stereocenters. The normalized spacial score (nSPS) is 12.6. The molecule has 0 aromatic rings. The number of carboxylic acid groups (broad SMARTS) is 1. The zero-order chi connectivity index (χ0) is 34.6. The first-order chi connectivity index (χ1) is 22.9. The third-order valence-corrected chi connectivity index (χ3v) is 9.42. The Hall–Kier alpha value is -1.63. The van der Waals surface area contributed by atoms with Gasteiger partial charge in [-0.2, -0.15) is 0 Å². The zero-order valence-electron chi connectivity index (χ0n) is 31.1. The Morgan fingerprint density at radius 3 is 1.32 bits per heavy atom. The van der Waals surface area contributed by atoms with Crippen LogP contribution in [-0.4, -0.2) is 41.6 Å². The highest BCUT2D eigenvalue weighted by Crippen LogP contribution is 2.19. The number of rotatable bonds is 37. The van der Waals surface area contributed by atoms with Crippen LogP contribution in [0, 0.1) is 0 Å². The van der Waals surface area contributed by atoms with Crippen molar-refractivity contribution in [3.63, 3.8) is 0 Å². The average molecular weight is 667 g/mol. The second kappa shape index (κ2) is 35.7. The number of hydrogen-bond acceptors (Lipinski definition) is 5. The summed E-state index contributed by atoms with van der Waals surface area (Å²) in [5, 5.41) is 11.9. The van der Waals surface area contributed by atoms with Crippen LogP contribution in [0.4, 0.5) is 0 Å². The highest BCUT2D eigenvalue weighted by Gasteiger charge is 2.19. The molecule has 0 aliphatic carbocycles. The van der Waals surface area contributed by atoms with Crippen LogP contribution in [0.1, 0.15) is 219 Å². The topological polar surface area (TPSA) is 119 Å². The van der Waals surface area contributed by atoms with Gasteiger partial charge < -0.3 is 20.9 Å². The van der Waals surface area contributed by atoms with Gasteiger partial charge in [0.05, 0.1) is 0 Å². The van der Waals surface area contributed by atoms with E-state index in [1.165, 1.54) is 116 Å². The van der Waals surface area contributed by atoms with Gasteiger partial charge in [-0.15, -0.1) is 0 Å². The van der Waals surface area contributed by atoms with Crippen LogP contribution >= 0.6 is 0 Å². The highest BCUT2D eigenvalue weighted by atomic mass is 16.5. The van der Waals surface area contributed by atoms with E-state index in [0.29, 0.717) is 32.2 Å². The molecule has 0 bridgehead atoms. The van der Waals surface area contributed by atoms with Gasteiger partial charge in [-0.1, -0.05) is 155 Å². The standard InChI is InChI=1S/C40H78N2O5/c1-3-5-7-9-11-13-14-15-17-19-24-28-34-39(44)47-36(30-25-21-18-16-12-10-8-6-4-2)31-26-22-20-23-27-33-38(43)42-37(40(45)46)32-29-35-41/h36-37H,3-35,41H2,1-2H3,(H,42,43)(H,45,46). The fourth-order valence-electron chi connectivity index (χ4n) is 6.33. The van der Waals surface area contributed by atoms with Crippen LogP contribution in [0.25, 0.3) is 0 Å². The number of amides is 1. The van der Waals surface area contributed by atoms with Crippen molar-refractivity contribution in [3.05, 3.63) is 0 Å². The minimum absolute atomic E-state index is 0.0184. The molecule has 278 valence electrons. The summed E-state index contributed by atoms with van der Waals surface area (Å²) >= 11 is 0. The lowest BCUT2D eigenvalue weighted by atomic mass is 10.0. The van der Waals surface area contributed by atoms with Gasteiger partial charge in [0.1, 0.15) is 12.1 Å². The minimum atomic E-state index is -1.00. The van der Waals surface area contributed by atoms with Gasteiger partial charge in [0.15, 0.2) is 0 Å². The Labute approximate surface area is 290 Å². The van der Waals surface area contributed by atoms with Crippen LogP contribution < -0.4 is 11.1 Å². The number of carbonyl (C=O) groups is 3. The summed E-state index contributed by atoms with van der Waals surface area (Å²) in [7, 11) is 0. The summed E-state index contributed by atoms with van der Waals surface area (Å²) in [6, 6.07) is -0.851. The Kier molecular flexibility index (Phi) is 34.4. The van der Waals surface area contributed by atoms with Gasteiger partial charge in [-0.25, -0.2) is 4.79 Å². The minimum Gasteiger partial charge on any atom is -0.480 e. The molecule has 0 aromatic carbocycles. The van der Waals surface area contributed by atoms with Crippen molar-refractivity contribution >= 4 is 17.8 Å². The number of nitrogens with two attached hydrogens (primary N) is 1. The number of nitrogens with one attached hydrogen (secondary N) is 1. The number of carboxylic acids is 1. The van der Waals surface area contributed by atoms with E-state index in [-0.39, 0.29) is 18.0 Å². The average Bonchev–Trinajstić information content (AvgIpc) is 3.05. The maximum Gasteiger partial charge on any atom is 0.326 e. The summed E-state index contributed by atoms with van der Waals surface area (Å²) in [6.45, 7) is 4.94. The molecule has 7 heteroatoms. The number of hydrogen-bond donors (Lipinski definition) is 3. The molecular formula is C40H78N2O5. The fourth-order valence-corrected chi connectivity index (χ4v) is 6.33. The smallest absolute Gasteiger partial charge is 0.326 e. The Balaban J connectivity index is 4.25. The quantitative estimate of drug-likeness (QED) is 0.0448. The molecule has 0 rings (SSSR count). The molecule has 7 nitrogen and oxygen atoms in total. The number of ether oxygens (including phenoxy) is 1. The molecule has 47 heavy (non-hydrogen) atoms. The maximum absolute atomic E-state index is 12.7. The molecule has 0 radical (unpaired) electrons. The van der Waals surface area contributed by atoms with E-state index in [1.54, 1.807) is 0 Å². The van der Waals surface area contributed by atoms with Crippen molar-refractivity contribution in [2.75, 3.05) is 6.54 Å². The first-order valence-corrected chi connectivity index (χ1v) is 20.4. The van der Waals surface area contributed by atoms with E-state index < -0.39 is 12.0 Å². The number of esters is 1. The van der Waals surface area contributed by atoms with Crippen molar-refractivity contribution in [1.82, 2.24) is 5.32 Å². The summed E-state index contributed by atoms with van der Waals surface area (Å²) in [5.74, 6) is -1.22. The predicted molar refractivity (Wildman–Crippen MR) is 198 cm³/mol. The summed E-state index contributed by atoms with van der Waals surface area (Å²) < 4.78 is 6.02. The van der Waals surface area contributed by atoms with Crippen molar-refractivity contribution in [1.29, 1.82) is 0 Å². The lowest BCUT2D eigenvalue weighted by Gasteiger charge is -2.18. The van der Waals surface area contributed by atoms with Gasteiger partial charge in [0.2, 0.25) is 5.91 Å². The molecule has 0 spiro atoms. The third kappa shape index (κ3) is 32.7.